The third-order valence-electron chi connectivity index (χ3n) is 18.2. The van der Waals surface area contributed by atoms with E-state index >= 15 is 0 Å². The van der Waals surface area contributed by atoms with Crippen LogP contribution in [0.4, 0.5) is 0 Å². The molecule has 1 aromatic carbocycles. The van der Waals surface area contributed by atoms with Gasteiger partial charge in [0.2, 0.25) is 23.6 Å². The van der Waals surface area contributed by atoms with E-state index in [1.54, 1.807) is 26.0 Å². The average Bonchev–Trinajstić information content (AvgIpc) is 0.771. The van der Waals surface area contributed by atoms with E-state index in [1.165, 1.54) is 32.1 Å². The lowest BCUT2D eigenvalue weighted by Crippen LogP contribution is -2.72. The van der Waals surface area contributed by atoms with Crippen LogP contribution in [0.3, 0.4) is 0 Å². The Hall–Kier alpha value is -4.85. The lowest BCUT2D eigenvalue weighted by atomic mass is 9.91. The number of aliphatic hydroxyl groups is 12. The van der Waals surface area contributed by atoms with Gasteiger partial charge < -0.3 is 149 Å². The van der Waals surface area contributed by atoms with Crippen molar-refractivity contribution in [1.29, 1.82) is 0 Å². The molecule has 14 unspecified atom stereocenters. The molecule has 6 aliphatic heterocycles. The number of carbonyl (C=O) groups excluding carboxylic acids is 5. The highest BCUT2D eigenvalue weighted by Gasteiger charge is 2.58. The zero-order valence-electron chi connectivity index (χ0n) is 56.7. The van der Waals surface area contributed by atoms with Crippen molar-refractivity contribution >= 4 is 29.5 Å². The van der Waals surface area contributed by atoms with Crippen molar-refractivity contribution in [3.63, 3.8) is 0 Å². The molecule has 0 aromatic heterocycles. The number of methoxy groups -OCH3 is 1. The number of unbranched alkanes of at least 4 members (excludes halogenated alkanes) is 5. The first-order valence-corrected chi connectivity index (χ1v) is 33.5. The molecule has 6 fully saturated rings. The van der Waals surface area contributed by atoms with Gasteiger partial charge in [-0.1, -0.05) is 51.3 Å². The molecule has 0 bridgehead atoms. The molecule has 5 amide bonds. The fourth-order valence-electron chi connectivity index (χ4n) is 13.0. The summed E-state index contributed by atoms with van der Waals surface area (Å²) in [6.07, 6.45) is -28.6. The minimum atomic E-state index is -2.05. The number of benzene rings is 1. The molecule has 17 N–H and O–H groups in total. The maximum absolute atomic E-state index is 14.0. The van der Waals surface area contributed by atoms with Crippen LogP contribution in [0.15, 0.2) is 36.4 Å². The smallest absolute Gasteiger partial charge is 0.251 e. The Labute approximate surface area is 572 Å². The first-order chi connectivity index (χ1) is 47.2. The predicted molar refractivity (Wildman–Crippen MR) is 336 cm³/mol. The molecule has 6 aliphatic rings. The average molecular weight is 1420 g/mol. The van der Waals surface area contributed by atoms with Crippen LogP contribution in [0.5, 0.6) is 5.75 Å². The van der Waals surface area contributed by atoms with Gasteiger partial charge in [0.1, 0.15) is 134 Å². The van der Waals surface area contributed by atoms with Crippen molar-refractivity contribution in [2.24, 2.45) is 5.92 Å². The van der Waals surface area contributed by atoms with Gasteiger partial charge in [0.25, 0.3) is 5.91 Å². The van der Waals surface area contributed by atoms with Crippen molar-refractivity contribution in [2.75, 3.05) is 46.8 Å². The van der Waals surface area contributed by atoms with Gasteiger partial charge in [-0.3, -0.25) is 24.0 Å². The molecule has 1 aromatic rings. The molecule has 564 valence electrons. The fraction of sp³-hybridized carbons (Fsp3) is 0.797. The number of rotatable bonds is 32. The highest BCUT2D eigenvalue weighted by Crippen LogP contribution is 2.37. The highest BCUT2D eigenvalue weighted by molar-refractivity contribution is 5.94. The third kappa shape index (κ3) is 21.0. The van der Waals surface area contributed by atoms with E-state index in [0.29, 0.717) is 18.8 Å². The molecule has 35 nitrogen and oxygen atoms in total. The minimum absolute atomic E-state index is 0.0529. The second kappa shape index (κ2) is 38.6. The van der Waals surface area contributed by atoms with Gasteiger partial charge in [0.05, 0.1) is 51.8 Å². The normalized spacial score (nSPS) is 39.6. The number of hydrogen-bond acceptors (Lipinski definition) is 30. The van der Waals surface area contributed by atoms with E-state index in [0.717, 1.165) is 53.4 Å². The first-order valence-electron chi connectivity index (χ1n) is 33.5. The molecule has 0 saturated carbocycles. The quantitative estimate of drug-likeness (QED) is 0.0236. The summed E-state index contributed by atoms with van der Waals surface area (Å²) in [7, 11) is 1.37. The van der Waals surface area contributed by atoms with Crippen LogP contribution < -0.4 is 31.3 Å². The second-order valence-corrected chi connectivity index (χ2v) is 25.7. The molecular formula is C64H103N5O30. The molecule has 35 heteroatoms. The zero-order valence-corrected chi connectivity index (χ0v) is 56.7. The summed E-state index contributed by atoms with van der Waals surface area (Å²) in [5, 5.41) is 148. The molecule has 0 radical (unpaired) electrons. The molecule has 7 rings (SSSR count). The van der Waals surface area contributed by atoms with Crippen LogP contribution in [-0.4, -0.2) is 315 Å². The van der Waals surface area contributed by atoms with Gasteiger partial charge in [-0.05, 0) is 50.8 Å². The topological polar surface area (TPSA) is 508 Å². The molecule has 6 saturated heterocycles. The summed E-state index contributed by atoms with van der Waals surface area (Å²) in [5.41, 5.74) is 0.0529. The number of carbonyl (C=O) groups is 5. The molecule has 0 spiro atoms. The second-order valence-electron chi connectivity index (χ2n) is 25.7. The number of nitrogens with one attached hydrogen (secondary N) is 5. The summed E-state index contributed by atoms with van der Waals surface area (Å²) in [6.45, 7) is 5.62. The maximum Gasteiger partial charge on any atom is 0.251 e. The molecule has 30 atom stereocenters. The van der Waals surface area contributed by atoms with Crippen molar-refractivity contribution in [3.05, 3.63) is 42.0 Å². The summed E-state index contributed by atoms with van der Waals surface area (Å²) in [6, 6.07) is -2.33. The van der Waals surface area contributed by atoms with Gasteiger partial charge in [-0.15, -0.1) is 0 Å². The summed E-state index contributed by atoms with van der Waals surface area (Å²) in [5.74, 6) is -4.10. The Morgan fingerprint density at radius 1 is 0.475 bits per heavy atom. The monoisotopic (exact) mass is 1420 g/mol. The van der Waals surface area contributed by atoms with Gasteiger partial charge in [-0.2, -0.15) is 0 Å². The number of amides is 5. The standard InChI is InChI=1S/C64H103N5O30/c1-9-10-11-12-13-14-15-16-17-21-88-35-20-18-19-34(22-35)58(85)69-42-48(80)47(79)36(23-70)92-60(42)96-54-37(24-71)93-61(43(50(54)82)66-31(5)75)97-55-38(25-72)94-62(44(51(55)83)67-32(6)76)98-56-39(26-73)95-63(45(52(56)84)68-33(7)77)99-57-40(91-59(86)41(49(57)81)65-30(4)74)27-89-64-53(87-8)28(2)46(78)29(3)90-64/h14-15,18-20,22,28-29,36-57,59-64,70-73,78-84,86H,9-13,16-17,21,23-27H2,1-8H3,(H,65,74)(H,66,75)(H,67,76)(H,68,77)(H,69,85)/b15-14-/t28-,29?,36?,37-,38?,39-,40?,41-,42-,43?,44-,45?,46?,47+,48+,49+,50?,51+,52?,53+,54+,55?,56+,57?,59?,60?,61?,62-,63-,64+/m0/s1. The summed E-state index contributed by atoms with van der Waals surface area (Å²) in [4.78, 5) is 65.2. The summed E-state index contributed by atoms with van der Waals surface area (Å²) < 4.78 is 78.7. The highest BCUT2D eigenvalue weighted by atomic mass is 16.8. The zero-order chi connectivity index (χ0) is 72.5. The maximum atomic E-state index is 14.0. The Morgan fingerprint density at radius 2 is 0.909 bits per heavy atom. The lowest BCUT2D eigenvalue weighted by Gasteiger charge is -2.51. The Morgan fingerprint density at radius 3 is 1.36 bits per heavy atom. The number of allylic oxidation sites excluding steroid dienone is 2. The van der Waals surface area contributed by atoms with E-state index in [9.17, 15) is 85.3 Å². The first kappa shape index (κ1) is 81.4. The molecule has 99 heavy (non-hydrogen) atoms. The van der Waals surface area contributed by atoms with E-state index < -0.39 is 246 Å². The van der Waals surface area contributed by atoms with Crippen LogP contribution in [0.1, 0.15) is 104 Å². The van der Waals surface area contributed by atoms with Crippen LogP contribution in [0, 0.1) is 5.92 Å². The molecule has 6 heterocycles. The van der Waals surface area contributed by atoms with Gasteiger partial charge in [0.15, 0.2) is 37.7 Å². The van der Waals surface area contributed by atoms with Crippen LogP contribution >= 0.6 is 0 Å². The predicted octanol–water partition coefficient (Wildman–Crippen LogP) is -5.45. The minimum Gasteiger partial charge on any atom is -0.494 e. The van der Waals surface area contributed by atoms with Crippen molar-refractivity contribution in [1.82, 2.24) is 26.6 Å². The lowest BCUT2D eigenvalue weighted by molar-refractivity contribution is -0.368. The van der Waals surface area contributed by atoms with E-state index in [4.69, 9.17) is 61.6 Å². The number of hydrogen-bond donors (Lipinski definition) is 17. The van der Waals surface area contributed by atoms with E-state index in [-0.39, 0.29) is 5.56 Å². The van der Waals surface area contributed by atoms with Crippen molar-refractivity contribution < 1.29 is 147 Å². The van der Waals surface area contributed by atoms with Gasteiger partial charge >= 0.3 is 0 Å². The van der Waals surface area contributed by atoms with E-state index in [1.807, 2.05) is 0 Å². The van der Waals surface area contributed by atoms with Crippen molar-refractivity contribution in [2.45, 2.75) is 271 Å². The summed E-state index contributed by atoms with van der Waals surface area (Å²) >= 11 is 0. The van der Waals surface area contributed by atoms with E-state index in [2.05, 4.69) is 45.7 Å². The largest absolute Gasteiger partial charge is 0.494 e. The van der Waals surface area contributed by atoms with Crippen LogP contribution in [0.2, 0.25) is 0 Å². The van der Waals surface area contributed by atoms with Gasteiger partial charge in [0, 0.05) is 46.3 Å². The fourth-order valence-corrected chi connectivity index (χ4v) is 13.0. The van der Waals surface area contributed by atoms with Crippen LogP contribution in [-0.2, 0) is 76.0 Å². The van der Waals surface area contributed by atoms with Crippen LogP contribution in [0.25, 0.3) is 0 Å². The van der Waals surface area contributed by atoms with Crippen molar-refractivity contribution in [3.8, 4) is 5.75 Å². The number of aliphatic hydroxyl groups excluding tert-OH is 12. The molecular weight excluding hydrogens is 1320 g/mol. The Balaban J connectivity index is 1.07. The number of ether oxygens (including phenoxy) is 13. The Bertz CT molecular complexity index is 2730. The third-order valence-corrected chi connectivity index (χ3v) is 18.2. The molecule has 0 aliphatic carbocycles. The van der Waals surface area contributed by atoms with Gasteiger partial charge in [-0.25, -0.2) is 0 Å². The Kier molecular flexibility index (Phi) is 31.8. The SMILES string of the molecule is CCCCCC/C=C\CCCOc1cccc(C(=O)N[C@@H]2C(O[C@H]3C(O)C(NC(C)=O)C(OC4C(CO)O[C@@H](O[C@H]5C(O)C(NC(C)=O)[C@H](OC6C(CO[C@@H]7OC(C)C(O)[C@H](C)[C@H]7OC)OC(O)[C@@H](NC(C)=O)[C@H]6O)O[C@H]5CO)[C@@H](NC(C)=O)[C@H]4O)O[C@H]3CO)OC(CO)[C@@H](O)[C@@H]2O)c1.